The summed E-state index contributed by atoms with van der Waals surface area (Å²) in [5.74, 6) is -5.41. The molecular weight excluding hydrogens is 492 g/mol. The second-order valence-corrected chi connectivity index (χ2v) is 8.33. The number of carbonyl (C=O) groups excluding carboxylic acids is 2. The van der Waals surface area contributed by atoms with Gasteiger partial charge in [-0.15, -0.1) is 0 Å². The molecule has 1 aliphatic carbocycles. The second kappa shape index (κ2) is 11.0. The van der Waals surface area contributed by atoms with Gasteiger partial charge in [0.15, 0.2) is 23.0 Å². The van der Waals surface area contributed by atoms with Crippen molar-refractivity contribution in [1.82, 2.24) is 0 Å². The number of esters is 2. The molecule has 12 heteroatoms. The average molecular weight is 516 g/mol. The van der Waals surface area contributed by atoms with Crippen LogP contribution in [-0.2, 0) is 23.9 Å². The maximum absolute atomic E-state index is 12.4. The predicted octanol–water partition coefficient (Wildman–Crippen LogP) is 1.03. The number of carboxylic acids is 1. The van der Waals surface area contributed by atoms with Crippen LogP contribution in [-0.4, -0.2) is 77.6 Å². The van der Waals surface area contributed by atoms with E-state index in [0.717, 1.165) is 18.2 Å². The number of aromatic hydroxyl groups is 4. The zero-order valence-electron chi connectivity index (χ0n) is 19.1. The van der Waals surface area contributed by atoms with E-state index < -0.39 is 66.2 Å². The third kappa shape index (κ3) is 6.57. The SMILES string of the molecule is O=C(C=Cc1ccc(O)c(O)c1)OC1C[C@@](OC(=O)C=Cc2ccc(O)c(O)c2)(C(=O)O)CC(O)C1O. The number of aliphatic hydroxyl groups excluding tert-OH is 2. The number of benzene rings is 2. The Hall–Kier alpha value is -4.55. The van der Waals surface area contributed by atoms with Crippen molar-refractivity contribution in [3.05, 3.63) is 59.7 Å². The maximum Gasteiger partial charge on any atom is 0.348 e. The Morgan fingerprint density at radius 3 is 1.78 bits per heavy atom. The van der Waals surface area contributed by atoms with Gasteiger partial charge < -0.3 is 45.2 Å². The number of hydrogen-bond acceptors (Lipinski definition) is 11. The van der Waals surface area contributed by atoms with Crippen molar-refractivity contribution in [3.63, 3.8) is 0 Å². The molecule has 0 radical (unpaired) electrons. The van der Waals surface area contributed by atoms with Crippen molar-refractivity contribution in [2.45, 2.75) is 36.8 Å². The number of phenols is 4. The Morgan fingerprint density at radius 1 is 0.784 bits per heavy atom. The first-order valence-corrected chi connectivity index (χ1v) is 10.8. The van der Waals surface area contributed by atoms with E-state index in [1.54, 1.807) is 0 Å². The molecule has 1 saturated carbocycles. The van der Waals surface area contributed by atoms with E-state index in [-0.39, 0.29) is 17.1 Å². The van der Waals surface area contributed by atoms with Crippen molar-refractivity contribution in [2.24, 2.45) is 0 Å². The van der Waals surface area contributed by atoms with E-state index in [1.807, 2.05) is 0 Å². The van der Waals surface area contributed by atoms with Crippen LogP contribution in [0.1, 0.15) is 24.0 Å². The van der Waals surface area contributed by atoms with E-state index >= 15 is 0 Å². The summed E-state index contributed by atoms with van der Waals surface area (Å²) in [6.07, 6.45) is -2.09. The minimum atomic E-state index is -2.34. The zero-order chi connectivity index (χ0) is 27.3. The lowest BCUT2D eigenvalue weighted by molar-refractivity contribution is -0.207. The van der Waals surface area contributed by atoms with Crippen LogP contribution in [0.2, 0.25) is 0 Å². The molecule has 3 rings (SSSR count). The number of ether oxygens (including phenoxy) is 2. The molecule has 37 heavy (non-hydrogen) atoms. The Kier molecular flexibility index (Phi) is 8.05. The van der Waals surface area contributed by atoms with Crippen LogP contribution in [0, 0.1) is 0 Å². The minimum Gasteiger partial charge on any atom is -0.504 e. The van der Waals surface area contributed by atoms with E-state index in [2.05, 4.69) is 0 Å². The highest BCUT2D eigenvalue weighted by Crippen LogP contribution is 2.35. The molecule has 1 aliphatic rings. The van der Waals surface area contributed by atoms with Gasteiger partial charge in [-0.3, -0.25) is 0 Å². The molecule has 0 heterocycles. The van der Waals surface area contributed by atoms with Gasteiger partial charge in [0.1, 0.15) is 12.2 Å². The van der Waals surface area contributed by atoms with Crippen LogP contribution in [0.4, 0.5) is 0 Å². The molecule has 4 atom stereocenters. The molecular formula is C25H24O12. The average Bonchev–Trinajstić information content (AvgIpc) is 2.83. The number of aliphatic carboxylic acids is 1. The highest BCUT2D eigenvalue weighted by molar-refractivity contribution is 5.91. The van der Waals surface area contributed by atoms with Crippen molar-refractivity contribution < 1.29 is 59.6 Å². The molecule has 1 fully saturated rings. The fraction of sp³-hybridized carbons (Fsp3) is 0.240. The summed E-state index contributed by atoms with van der Waals surface area (Å²) >= 11 is 0. The Labute approximate surface area is 209 Å². The normalized spacial score (nSPS) is 23.7. The molecule has 0 spiro atoms. The van der Waals surface area contributed by atoms with Gasteiger partial charge in [0.25, 0.3) is 0 Å². The third-order valence-electron chi connectivity index (χ3n) is 5.62. The molecule has 12 nitrogen and oxygen atoms in total. The lowest BCUT2D eigenvalue weighted by Crippen LogP contribution is -2.58. The van der Waals surface area contributed by atoms with Crippen LogP contribution >= 0.6 is 0 Å². The van der Waals surface area contributed by atoms with Gasteiger partial charge >= 0.3 is 17.9 Å². The first-order chi connectivity index (χ1) is 17.4. The fourth-order valence-electron chi connectivity index (χ4n) is 3.68. The molecule has 0 amide bonds. The number of rotatable bonds is 7. The van der Waals surface area contributed by atoms with Crippen molar-refractivity contribution >= 4 is 30.1 Å². The minimum absolute atomic E-state index is 0.288. The smallest absolute Gasteiger partial charge is 0.348 e. The van der Waals surface area contributed by atoms with E-state index in [0.29, 0.717) is 5.56 Å². The van der Waals surface area contributed by atoms with Crippen molar-refractivity contribution in [1.29, 1.82) is 0 Å². The quantitative estimate of drug-likeness (QED) is 0.156. The highest BCUT2D eigenvalue weighted by atomic mass is 16.6. The van der Waals surface area contributed by atoms with E-state index in [1.165, 1.54) is 42.5 Å². The summed E-state index contributed by atoms with van der Waals surface area (Å²) in [5, 5.41) is 68.0. The molecule has 0 saturated heterocycles. The molecule has 3 unspecified atom stereocenters. The molecule has 0 aliphatic heterocycles. The lowest BCUT2D eigenvalue weighted by Gasteiger charge is -2.41. The second-order valence-electron chi connectivity index (χ2n) is 8.33. The van der Waals surface area contributed by atoms with Crippen LogP contribution in [0.15, 0.2) is 48.6 Å². The van der Waals surface area contributed by atoms with Gasteiger partial charge in [-0.1, -0.05) is 12.1 Å². The molecule has 0 aromatic heterocycles. The largest absolute Gasteiger partial charge is 0.504 e. The van der Waals surface area contributed by atoms with Gasteiger partial charge in [0.05, 0.1) is 6.10 Å². The van der Waals surface area contributed by atoms with Gasteiger partial charge in [-0.05, 0) is 47.5 Å². The van der Waals surface area contributed by atoms with E-state index in [4.69, 9.17) is 9.47 Å². The Balaban J connectivity index is 1.73. The van der Waals surface area contributed by atoms with Crippen LogP contribution in [0.3, 0.4) is 0 Å². The van der Waals surface area contributed by atoms with Crippen LogP contribution < -0.4 is 0 Å². The number of aliphatic hydroxyl groups is 2. The Morgan fingerprint density at radius 2 is 1.30 bits per heavy atom. The summed E-state index contributed by atoms with van der Waals surface area (Å²) in [6.45, 7) is 0. The fourth-order valence-corrected chi connectivity index (χ4v) is 3.68. The number of carbonyl (C=O) groups is 3. The molecule has 196 valence electrons. The number of phenolic OH excluding ortho intramolecular Hbond substituents is 4. The van der Waals surface area contributed by atoms with Gasteiger partial charge in [-0.2, -0.15) is 0 Å². The van der Waals surface area contributed by atoms with Crippen molar-refractivity contribution in [3.8, 4) is 23.0 Å². The summed E-state index contributed by atoms with van der Waals surface area (Å²) in [7, 11) is 0. The summed E-state index contributed by atoms with van der Waals surface area (Å²) in [4.78, 5) is 36.7. The monoisotopic (exact) mass is 516 g/mol. The van der Waals surface area contributed by atoms with Crippen LogP contribution in [0.5, 0.6) is 23.0 Å². The van der Waals surface area contributed by atoms with Gasteiger partial charge in [-0.25, -0.2) is 14.4 Å². The summed E-state index contributed by atoms with van der Waals surface area (Å²) < 4.78 is 10.2. The third-order valence-corrected chi connectivity index (χ3v) is 5.62. The first-order valence-electron chi connectivity index (χ1n) is 10.8. The standard InChI is InChI=1S/C25H24O12/c26-15-5-1-13(9-17(15)28)3-7-21(31)36-20-12-25(24(34)35,11-19(30)23(20)33)37-22(32)8-4-14-2-6-16(27)18(29)10-14/h1-10,19-20,23,26-30,33H,11-12H2,(H,34,35)/t19?,20?,23?,25-/m1/s1. The Bertz CT molecular complexity index is 1250. The first kappa shape index (κ1) is 27.0. The van der Waals surface area contributed by atoms with Gasteiger partial charge in [0, 0.05) is 25.0 Å². The van der Waals surface area contributed by atoms with Crippen LogP contribution in [0.25, 0.3) is 12.2 Å². The van der Waals surface area contributed by atoms with Crippen molar-refractivity contribution in [2.75, 3.05) is 0 Å². The molecule has 2 aromatic rings. The molecule has 0 bridgehead atoms. The van der Waals surface area contributed by atoms with Gasteiger partial charge in [0.2, 0.25) is 5.60 Å². The summed E-state index contributed by atoms with van der Waals surface area (Å²) in [6, 6.07) is 7.44. The molecule has 2 aromatic carbocycles. The highest BCUT2D eigenvalue weighted by Gasteiger charge is 2.54. The predicted molar refractivity (Wildman–Crippen MR) is 125 cm³/mol. The lowest BCUT2D eigenvalue weighted by atomic mass is 9.79. The molecule has 7 N–H and O–H groups in total. The summed E-state index contributed by atoms with van der Waals surface area (Å²) in [5.41, 5.74) is -1.73. The maximum atomic E-state index is 12.4. The number of carboxylic acid groups (broad SMARTS) is 1. The number of hydrogen-bond donors (Lipinski definition) is 7. The topological polar surface area (TPSA) is 211 Å². The van der Waals surface area contributed by atoms with E-state index in [9.17, 15) is 50.1 Å². The zero-order valence-corrected chi connectivity index (χ0v) is 19.1.